The van der Waals surface area contributed by atoms with E-state index in [1.807, 2.05) is 24.3 Å². The molecule has 1 aliphatic rings. The van der Waals surface area contributed by atoms with Crippen molar-refractivity contribution in [1.82, 2.24) is 10.3 Å². The molecule has 0 amide bonds. The second-order valence-electron chi connectivity index (χ2n) is 6.11. The molecule has 0 unspecified atom stereocenters. The van der Waals surface area contributed by atoms with Gasteiger partial charge in [-0.15, -0.1) is 0 Å². The number of ether oxygens (including phenoxy) is 1. The van der Waals surface area contributed by atoms with Gasteiger partial charge in [-0.2, -0.15) is 0 Å². The van der Waals surface area contributed by atoms with Gasteiger partial charge in [-0.25, -0.2) is 8.78 Å². The Labute approximate surface area is 142 Å². The molecular formula is C19H16F2N2O2. The van der Waals surface area contributed by atoms with Crippen molar-refractivity contribution in [1.29, 1.82) is 0 Å². The van der Waals surface area contributed by atoms with Crippen molar-refractivity contribution in [3.8, 4) is 0 Å². The molecule has 1 aromatic heterocycles. The van der Waals surface area contributed by atoms with E-state index in [2.05, 4.69) is 10.3 Å². The van der Waals surface area contributed by atoms with Gasteiger partial charge in [0.1, 0.15) is 17.7 Å². The van der Waals surface area contributed by atoms with Crippen LogP contribution < -0.4 is 5.32 Å². The molecule has 3 aromatic rings. The lowest BCUT2D eigenvalue weighted by atomic mass is 9.90. The third-order valence-electron chi connectivity index (χ3n) is 4.67. The number of H-pyrrole nitrogens is 1. The van der Waals surface area contributed by atoms with E-state index in [1.54, 1.807) is 0 Å². The average molecular weight is 342 g/mol. The lowest BCUT2D eigenvalue weighted by Gasteiger charge is -2.30. The highest BCUT2D eigenvalue weighted by Gasteiger charge is 2.35. The Morgan fingerprint density at radius 2 is 2.00 bits per heavy atom. The number of halogens is 2. The highest BCUT2D eigenvalue weighted by molar-refractivity contribution is 5.87. The van der Waals surface area contributed by atoms with Gasteiger partial charge >= 0.3 is 5.97 Å². The van der Waals surface area contributed by atoms with Crippen molar-refractivity contribution < 1.29 is 18.3 Å². The molecule has 2 atom stereocenters. The number of carbonyl (C=O) groups is 1. The second-order valence-corrected chi connectivity index (χ2v) is 6.11. The molecule has 2 aromatic carbocycles. The molecule has 0 spiro atoms. The first kappa shape index (κ1) is 15.8. The minimum absolute atomic E-state index is 0.154. The van der Waals surface area contributed by atoms with Crippen molar-refractivity contribution in [3.63, 3.8) is 0 Å². The number of rotatable bonds is 2. The van der Waals surface area contributed by atoms with Gasteiger partial charge in [0.15, 0.2) is 0 Å². The topological polar surface area (TPSA) is 54.1 Å². The van der Waals surface area contributed by atoms with Crippen LogP contribution >= 0.6 is 0 Å². The molecule has 4 nitrogen and oxygen atoms in total. The molecule has 0 radical (unpaired) electrons. The smallest absolute Gasteiger partial charge is 0.323 e. The highest BCUT2D eigenvalue weighted by atomic mass is 19.1. The van der Waals surface area contributed by atoms with Crippen molar-refractivity contribution in [2.45, 2.75) is 18.5 Å². The summed E-state index contributed by atoms with van der Waals surface area (Å²) in [5, 5.41) is 4.06. The van der Waals surface area contributed by atoms with Gasteiger partial charge in [-0.3, -0.25) is 10.1 Å². The fourth-order valence-corrected chi connectivity index (χ4v) is 3.51. The molecule has 0 saturated carbocycles. The molecular weight excluding hydrogens is 326 g/mol. The summed E-state index contributed by atoms with van der Waals surface area (Å²) in [4.78, 5) is 15.4. The summed E-state index contributed by atoms with van der Waals surface area (Å²) < 4.78 is 32.9. The first-order chi connectivity index (χ1) is 12.1. The van der Waals surface area contributed by atoms with E-state index < -0.39 is 29.7 Å². The number of benzene rings is 2. The zero-order chi connectivity index (χ0) is 17.6. The quantitative estimate of drug-likeness (QED) is 0.703. The highest BCUT2D eigenvalue weighted by Crippen LogP contribution is 2.36. The van der Waals surface area contributed by atoms with Crippen LogP contribution in [0.2, 0.25) is 0 Å². The number of aromatic amines is 1. The van der Waals surface area contributed by atoms with Crippen LogP contribution in [0.25, 0.3) is 10.9 Å². The van der Waals surface area contributed by atoms with Gasteiger partial charge in [-0.1, -0.05) is 18.2 Å². The van der Waals surface area contributed by atoms with E-state index in [0.717, 1.165) is 40.4 Å². The molecule has 4 rings (SSSR count). The monoisotopic (exact) mass is 342 g/mol. The van der Waals surface area contributed by atoms with E-state index >= 15 is 0 Å². The molecule has 128 valence electrons. The molecule has 0 bridgehead atoms. The summed E-state index contributed by atoms with van der Waals surface area (Å²) >= 11 is 0. The molecule has 25 heavy (non-hydrogen) atoms. The Morgan fingerprint density at radius 1 is 1.20 bits per heavy atom. The van der Waals surface area contributed by atoms with E-state index in [9.17, 15) is 13.6 Å². The molecule has 1 aliphatic heterocycles. The van der Waals surface area contributed by atoms with Gasteiger partial charge in [-0.05, 0) is 29.8 Å². The maximum atomic E-state index is 14.4. The first-order valence-electron chi connectivity index (χ1n) is 7.97. The lowest BCUT2D eigenvalue weighted by Crippen LogP contribution is -2.45. The minimum Gasteiger partial charge on any atom is -0.468 e. The maximum Gasteiger partial charge on any atom is 0.323 e. The minimum atomic E-state index is -0.670. The Bertz CT molecular complexity index is 967. The standard InChI is InChI=1S/C19H16F2N2O2/c1-25-19(24)16-9-12-11-4-2-3-5-15(11)22-17(12)18(23-16)13-8-10(20)6-7-14(13)21/h2-8,16,18,22-23H,9H2,1H3/t16-,18-/m1/s1. The molecule has 2 heterocycles. The molecule has 2 N–H and O–H groups in total. The summed E-state index contributed by atoms with van der Waals surface area (Å²) in [5.74, 6) is -1.50. The fourth-order valence-electron chi connectivity index (χ4n) is 3.51. The van der Waals surface area contributed by atoms with Crippen LogP contribution in [0.4, 0.5) is 8.78 Å². The summed E-state index contributed by atoms with van der Waals surface area (Å²) in [6.45, 7) is 0. The third-order valence-corrected chi connectivity index (χ3v) is 4.67. The number of nitrogens with one attached hydrogen (secondary N) is 2. The Balaban J connectivity index is 1.91. The summed E-state index contributed by atoms with van der Waals surface area (Å²) in [5.41, 5.74) is 2.70. The fraction of sp³-hybridized carbons (Fsp3) is 0.211. The zero-order valence-electron chi connectivity index (χ0n) is 13.5. The van der Waals surface area contributed by atoms with Crippen molar-refractivity contribution in [3.05, 3.63) is 70.9 Å². The number of methoxy groups -OCH3 is 1. The van der Waals surface area contributed by atoms with Gasteiger partial charge in [0.2, 0.25) is 0 Å². The second kappa shape index (κ2) is 5.97. The van der Waals surface area contributed by atoms with Crippen molar-refractivity contribution >= 4 is 16.9 Å². The maximum absolute atomic E-state index is 14.4. The van der Waals surface area contributed by atoms with Crippen LogP contribution in [0.1, 0.15) is 22.9 Å². The largest absolute Gasteiger partial charge is 0.468 e. The lowest BCUT2D eigenvalue weighted by molar-refractivity contribution is -0.143. The van der Waals surface area contributed by atoms with E-state index in [0.29, 0.717) is 6.42 Å². The van der Waals surface area contributed by atoms with Crippen LogP contribution in [0.15, 0.2) is 42.5 Å². The summed E-state index contributed by atoms with van der Waals surface area (Å²) in [7, 11) is 1.31. The SMILES string of the molecule is COC(=O)[C@H]1Cc2c([nH]c3ccccc23)[C@@H](c2cc(F)ccc2F)N1. The van der Waals surface area contributed by atoms with E-state index in [1.165, 1.54) is 7.11 Å². The molecule has 0 aliphatic carbocycles. The summed E-state index contributed by atoms with van der Waals surface area (Å²) in [6.07, 6.45) is 0.416. The normalized spacial score (nSPS) is 19.6. The van der Waals surface area contributed by atoms with Crippen LogP contribution in [0, 0.1) is 11.6 Å². The van der Waals surface area contributed by atoms with Crippen LogP contribution in [0.5, 0.6) is 0 Å². The van der Waals surface area contributed by atoms with E-state index in [-0.39, 0.29) is 5.56 Å². The predicted molar refractivity (Wildman–Crippen MR) is 89.1 cm³/mol. The predicted octanol–water partition coefficient (Wildman–Crippen LogP) is 3.22. The van der Waals surface area contributed by atoms with Crippen LogP contribution in [-0.2, 0) is 16.0 Å². The van der Waals surface area contributed by atoms with Gasteiger partial charge < -0.3 is 9.72 Å². The van der Waals surface area contributed by atoms with Crippen molar-refractivity contribution in [2.24, 2.45) is 0 Å². The molecule has 6 heteroatoms. The number of fused-ring (bicyclic) bond motifs is 3. The van der Waals surface area contributed by atoms with Crippen LogP contribution in [-0.4, -0.2) is 24.1 Å². The number of esters is 1. The Kier molecular flexibility index (Phi) is 3.77. The first-order valence-corrected chi connectivity index (χ1v) is 7.97. The number of carbonyl (C=O) groups excluding carboxylic acids is 1. The zero-order valence-corrected chi connectivity index (χ0v) is 13.5. The van der Waals surface area contributed by atoms with Gasteiger partial charge in [0, 0.05) is 28.6 Å². The number of para-hydroxylation sites is 1. The summed E-state index contributed by atoms with van der Waals surface area (Å²) in [6, 6.07) is 9.68. The Morgan fingerprint density at radius 3 is 2.80 bits per heavy atom. The number of hydrogen-bond donors (Lipinski definition) is 2. The number of aromatic nitrogens is 1. The molecule has 0 saturated heterocycles. The van der Waals surface area contributed by atoms with Crippen LogP contribution in [0.3, 0.4) is 0 Å². The van der Waals surface area contributed by atoms with Gasteiger partial charge in [0.25, 0.3) is 0 Å². The molecule has 0 fully saturated rings. The van der Waals surface area contributed by atoms with Gasteiger partial charge in [0.05, 0.1) is 13.2 Å². The Hall–Kier alpha value is -2.73. The third kappa shape index (κ3) is 2.59. The van der Waals surface area contributed by atoms with E-state index in [4.69, 9.17) is 4.74 Å². The average Bonchev–Trinajstić information content (AvgIpc) is 3.01. The van der Waals surface area contributed by atoms with Crippen molar-refractivity contribution in [2.75, 3.05) is 7.11 Å². The number of hydrogen-bond acceptors (Lipinski definition) is 3.